The Labute approximate surface area is 168 Å². The van der Waals surface area contributed by atoms with Crippen molar-refractivity contribution in [3.8, 4) is 0 Å². The Balaban J connectivity index is 1.40. The number of hydrogen-bond donors (Lipinski definition) is 2. The molecule has 1 aromatic carbocycles. The molecule has 2 N–H and O–H groups in total. The van der Waals surface area contributed by atoms with Crippen LogP contribution in [0, 0.1) is 24.2 Å². The molecular weight excluding hydrogens is 389 g/mol. The van der Waals surface area contributed by atoms with Gasteiger partial charge in [-0.3, -0.25) is 9.59 Å². The fourth-order valence-electron chi connectivity index (χ4n) is 5.68. The standard InChI is InChI=1S/C20H23Cl2NO4/c1-11-2-3-14(21)17(16(11)22)23-15(24)9-27-18(25)19-5-12-4-13(6-19)8-20(26,7-12)10-19/h2-3,12-13,26H,4-10H2,1H3,(H,23,24). The van der Waals surface area contributed by atoms with E-state index in [0.717, 1.165) is 37.7 Å². The maximum Gasteiger partial charge on any atom is 0.312 e. The molecule has 5 rings (SSSR count). The highest BCUT2D eigenvalue weighted by atomic mass is 35.5. The second kappa shape index (κ2) is 6.64. The monoisotopic (exact) mass is 411 g/mol. The number of rotatable bonds is 4. The van der Waals surface area contributed by atoms with E-state index in [4.69, 9.17) is 27.9 Å². The Bertz CT molecular complexity index is 795. The molecule has 146 valence electrons. The maximum absolute atomic E-state index is 12.8. The van der Waals surface area contributed by atoms with E-state index in [0.29, 0.717) is 34.0 Å². The Morgan fingerprint density at radius 1 is 1.22 bits per heavy atom. The highest BCUT2D eigenvalue weighted by molar-refractivity contribution is 6.40. The normalized spacial score (nSPS) is 33.8. The fraction of sp³-hybridized carbons (Fsp3) is 0.600. The van der Waals surface area contributed by atoms with Gasteiger partial charge in [0.15, 0.2) is 6.61 Å². The number of ether oxygens (including phenoxy) is 1. The van der Waals surface area contributed by atoms with E-state index >= 15 is 0 Å². The van der Waals surface area contributed by atoms with Gasteiger partial charge >= 0.3 is 5.97 Å². The Hall–Kier alpha value is -1.30. The smallest absolute Gasteiger partial charge is 0.312 e. The first kappa shape index (κ1) is 19.0. The molecule has 1 aromatic rings. The molecule has 2 atom stereocenters. The van der Waals surface area contributed by atoms with Gasteiger partial charge in [-0.05, 0) is 68.9 Å². The summed E-state index contributed by atoms with van der Waals surface area (Å²) in [7, 11) is 0. The number of hydrogen-bond acceptors (Lipinski definition) is 4. The average molecular weight is 412 g/mol. The molecule has 0 spiro atoms. The summed E-state index contributed by atoms with van der Waals surface area (Å²) in [4.78, 5) is 25.1. The van der Waals surface area contributed by atoms with Crippen LogP contribution in [0.4, 0.5) is 5.69 Å². The number of carbonyl (C=O) groups is 2. The molecule has 4 fully saturated rings. The fourth-order valence-corrected chi connectivity index (χ4v) is 6.15. The predicted molar refractivity (Wildman–Crippen MR) is 103 cm³/mol. The zero-order valence-corrected chi connectivity index (χ0v) is 16.7. The predicted octanol–water partition coefficient (Wildman–Crippen LogP) is 4.11. The summed E-state index contributed by atoms with van der Waals surface area (Å²) in [5.74, 6) is -0.0992. The van der Waals surface area contributed by atoms with Crippen molar-refractivity contribution in [3.05, 3.63) is 27.7 Å². The molecule has 4 aliphatic carbocycles. The van der Waals surface area contributed by atoms with Crippen molar-refractivity contribution in [1.29, 1.82) is 0 Å². The Kier molecular flexibility index (Phi) is 4.68. The SMILES string of the molecule is Cc1ccc(Cl)c(NC(=O)COC(=O)C23CC4CC(CC(O)(C4)C2)C3)c1Cl. The van der Waals surface area contributed by atoms with Gasteiger partial charge in [0.2, 0.25) is 0 Å². The molecule has 0 radical (unpaired) electrons. The zero-order chi connectivity index (χ0) is 19.4. The van der Waals surface area contributed by atoms with Crippen molar-refractivity contribution in [3.63, 3.8) is 0 Å². The van der Waals surface area contributed by atoms with Crippen molar-refractivity contribution in [2.75, 3.05) is 11.9 Å². The second-order valence-electron chi connectivity index (χ2n) is 8.64. The molecule has 7 heteroatoms. The number of aliphatic hydroxyl groups is 1. The maximum atomic E-state index is 12.8. The minimum atomic E-state index is -0.742. The van der Waals surface area contributed by atoms with Gasteiger partial charge in [0.05, 0.1) is 26.7 Å². The molecule has 0 aliphatic heterocycles. The van der Waals surface area contributed by atoms with Gasteiger partial charge in [-0.15, -0.1) is 0 Å². The van der Waals surface area contributed by atoms with Crippen molar-refractivity contribution in [2.45, 2.75) is 51.0 Å². The van der Waals surface area contributed by atoms with Crippen LogP contribution in [0.25, 0.3) is 0 Å². The van der Waals surface area contributed by atoms with Crippen molar-refractivity contribution in [1.82, 2.24) is 0 Å². The molecule has 27 heavy (non-hydrogen) atoms. The third kappa shape index (κ3) is 3.45. The first-order valence-corrected chi connectivity index (χ1v) is 10.1. The van der Waals surface area contributed by atoms with Gasteiger partial charge in [-0.25, -0.2) is 0 Å². The van der Waals surface area contributed by atoms with Crippen LogP contribution in [-0.2, 0) is 14.3 Å². The number of benzene rings is 1. The molecule has 0 aromatic heterocycles. The minimum absolute atomic E-state index is 0.323. The van der Waals surface area contributed by atoms with Crippen LogP contribution in [0.3, 0.4) is 0 Å². The van der Waals surface area contributed by atoms with Gasteiger partial charge in [0.1, 0.15) is 0 Å². The highest BCUT2D eigenvalue weighted by Gasteiger charge is 2.60. The number of anilines is 1. The van der Waals surface area contributed by atoms with Gasteiger partial charge in [0, 0.05) is 0 Å². The van der Waals surface area contributed by atoms with Crippen molar-refractivity contribution < 1.29 is 19.4 Å². The first-order chi connectivity index (χ1) is 12.7. The Morgan fingerprint density at radius 2 is 1.89 bits per heavy atom. The van der Waals surface area contributed by atoms with E-state index in [2.05, 4.69) is 5.32 Å². The molecular formula is C20H23Cl2NO4. The number of nitrogens with one attached hydrogen (secondary N) is 1. The third-order valence-electron chi connectivity index (χ3n) is 6.35. The molecule has 4 saturated carbocycles. The topological polar surface area (TPSA) is 75.6 Å². The number of amides is 1. The lowest BCUT2D eigenvalue weighted by molar-refractivity contribution is -0.196. The van der Waals surface area contributed by atoms with Gasteiger partial charge in [0.25, 0.3) is 5.91 Å². The van der Waals surface area contributed by atoms with Crippen LogP contribution in [0.15, 0.2) is 12.1 Å². The summed E-state index contributed by atoms with van der Waals surface area (Å²) in [5, 5.41) is 14.1. The van der Waals surface area contributed by atoms with E-state index in [1.165, 1.54) is 0 Å². The largest absolute Gasteiger partial charge is 0.455 e. The molecule has 0 heterocycles. The lowest BCUT2D eigenvalue weighted by Crippen LogP contribution is -2.58. The quantitative estimate of drug-likeness (QED) is 0.730. The molecule has 5 nitrogen and oxygen atoms in total. The lowest BCUT2D eigenvalue weighted by atomic mass is 9.48. The van der Waals surface area contributed by atoms with Crippen molar-refractivity contribution >= 4 is 40.8 Å². The average Bonchev–Trinajstić information content (AvgIpc) is 2.58. The number of halogens is 2. The molecule has 2 unspecified atom stereocenters. The molecule has 4 aliphatic rings. The van der Waals surface area contributed by atoms with Crippen LogP contribution in [0.2, 0.25) is 10.0 Å². The Morgan fingerprint density at radius 3 is 2.52 bits per heavy atom. The summed E-state index contributed by atoms with van der Waals surface area (Å²) >= 11 is 12.3. The number of carbonyl (C=O) groups excluding carboxylic acids is 2. The summed E-state index contributed by atoms with van der Waals surface area (Å²) in [5.41, 5.74) is -0.273. The van der Waals surface area contributed by atoms with E-state index in [1.54, 1.807) is 12.1 Å². The lowest BCUT2D eigenvalue weighted by Gasteiger charge is -2.58. The van der Waals surface area contributed by atoms with Crippen molar-refractivity contribution in [2.24, 2.45) is 17.3 Å². The van der Waals surface area contributed by atoms with Crippen LogP contribution in [-0.4, -0.2) is 29.2 Å². The zero-order valence-electron chi connectivity index (χ0n) is 15.2. The summed E-state index contributed by atoms with van der Waals surface area (Å²) in [6.45, 7) is 1.42. The third-order valence-corrected chi connectivity index (χ3v) is 7.15. The van der Waals surface area contributed by atoms with Gasteiger partial charge < -0.3 is 15.2 Å². The summed E-state index contributed by atoms with van der Waals surface area (Å²) in [6, 6.07) is 3.42. The van der Waals surface area contributed by atoms with E-state index < -0.39 is 23.5 Å². The van der Waals surface area contributed by atoms with E-state index in [9.17, 15) is 14.7 Å². The summed E-state index contributed by atoms with van der Waals surface area (Å²) < 4.78 is 5.37. The van der Waals surface area contributed by atoms with E-state index in [-0.39, 0.29) is 5.97 Å². The number of esters is 1. The van der Waals surface area contributed by atoms with Crippen LogP contribution < -0.4 is 5.32 Å². The highest BCUT2D eigenvalue weighted by Crippen LogP contribution is 2.61. The van der Waals surface area contributed by atoms with Crippen LogP contribution in [0.1, 0.15) is 44.1 Å². The molecule has 4 bridgehead atoms. The molecule has 1 amide bonds. The van der Waals surface area contributed by atoms with Crippen LogP contribution in [0.5, 0.6) is 0 Å². The van der Waals surface area contributed by atoms with Gasteiger partial charge in [-0.1, -0.05) is 29.3 Å². The van der Waals surface area contributed by atoms with Crippen LogP contribution >= 0.6 is 23.2 Å². The van der Waals surface area contributed by atoms with Gasteiger partial charge in [-0.2, -0.15) is 0 Å². The number of aryl methyl sites for hydroxylation is 1. The molecule has 0 saturated heterocycles. The summed E-state index contributed by atoms with van der Waals surface area (Å²) in [6.07, 6.45) is 4.60. The second-order valence-corrected chi connectivity index (χ2v) is 9.43. The first-order valence-electron chi connectivity index (χ1n) is 9.34. The minimum Gasteiger partial charge on any atom is -0.455 e. The van der Waals surface area contributed by atoms with E-state index in [1.807, 2.05) is 6.92 Å².